The molecule has 0 saturated heterocycles. The first-order chi connectivity index (χ1) is 16.9. The van der Waals surface area contributed by atoms with Crippen molar-refractivity contribution in [1.82, 2.24) is 20.4 Å². The van der Waals surface area contributed by atoms with Crippen molar-refractivity contribution in [2.75, 3.05) is 19.7 Å². The number of halogens is 1. The Labute approximate surface area is 210 Å². The van der Waals surface area contributed by atoms with Gasteiger partial charge in [0.15, 0.2) is 0 Å². The van der Waals surface area contributed by atoms with Crippen molar-refractivity contribution in [3.05, 3.63) is 81.1 Å². The number of fused-ring (bicyclic) bond motifs is 3. The van der Waals surface area contributed by atoms with E-state index >= 15 is 0 Å². The largest absolute Gasteiger partial charge is 0.493 e. The lowest BCUT2D eigenvalue weighted by atomic mass is 9.99. The maximum absolute atomic E-state index is 12.9. The summed E-state index contributed by atoms with van der Waals surface area (Å²) >= 11 is 6.21. The lowest BCUT2D eigenvalue weighted by Gasteiger charge is -2.15. The minimum atomic E-state index is -0.159. The molecule has 0 fully saturated rings. The Balaban J connectivity index is 1.51. The smallest absolute Gasteiger partial charge is 0.251 e. The second kappa shape index (κ2) is 11.4. The monoisotopic (exact) mass is 494 g/mol. The molecule has 1 aliphatic rings. The zero-order chi connectivity index (χ0) is 24.8. The van der Waals surface area contributed by atoms with E-state index in [0.717, 1.165) is 47.5 Å². The first kappa shape index (κ1) is 24.8. The molecule has 0 unspecified atom stereocenters. The van der Waals surface area contributed by atoms with Crippen molar-refractivity contribution in [1.29, 1.82) is 0 Å². The molecule has 184 valence electrons. The number of aryl methyl sites for hydroxylation is 1. The van der Waals surface area contributed by atoms with E-state index in [1.807, 2.05) is 50.2 Å². The maximum Gasteiger partial charge on any atom is 0.251 e. The second-order valence-corrected chi connectivity index (χ2v) is 9.21. The molecular weight excluding hydrogens is 464 g/mol. The van der Waals surface area contributed by atoms with Crippen molar-refractivity contribution in [2.45, 2.75) is 46.1 Å². The molecule has 0 spiro atoms. The molecule has 2 aromatic carbocycles. The van der Waals surface area contributed by atoms with Crippen molar-refractivity contribution in [3.8, 4) is 5.75 Å². The molecule has 3 aromatic rings. The van der Waals surface area contributed by atoms with E-state index in [-0.39, 0.29) is 11.8 Å². The number of hydrogen-bond donors (Lipinski definition) is 2. The quantitative estimate of drug-likeness (QED) is 0.560. The fourth-order valence-corrected chi connectivity index (χ4v) is 4.34. The number of nitrogens with one attached hydrogen (secondary N) is 2. The molecule has 0 radical (unpaired) electrons. The third-order valence-electron chi connectivity index (χ3n) is 6.17. The molecule has 2 heterocycles. The summed E-state index contributed by atoms with van der Waals surface area (Å²) in [5, 5.41) is 11.0. The highest BCUT2D eigenvalue weighted by Crippen LogP contribution is 2.25. The summed E-state index contributed by atoms with van der Waals surface area (Å²) < 4.78 is 7.89. The molecule has 1 aliphatic heterocycles. The van der Waals surface area contributed by atoms with Gasteiger partial charge in [0.1, 0.15) is 5.75 Å². The minimum absolute atomic E-state index is 0.0580. The Hall–Kier alpha value is -3.32. The zero-order valence-electron chi connectivity index (χ0n) is 20.2. The van der Waals surface area contributed by atoms with Gasteiger partial charge < -0.3 is 15.4 Å². The second-order valence-electron chi connectivity index (χ2n) is 8.83. The van der Waals surface area contributed by atoms with Gasteiger partial charge in [-0.2, -0.15) is 5.10 Å². The van der Waals surface area contributed by atoms with Gasteiger partial charge in [0.25, 0.3) is 11.8 Å². The van der Waals surface area contributed by atoms with Gasteiger partial charge in [-0.05, 0) is 74.6 Å². The zero-order valence-corrected chi connectivity index (χ0v) is 21.0. The molecule has 8 heteroatoms. The molecule has 2 N–H and O–H groups in total. The van der Waals surface area contributed by atoms with Crippen LogP contribution in [-0.4, -0.2) is 41.3 Å². The average Bonchev–Trinajstić information content (AvgIpc) is 3.10. The third kappa shape index (κ3) is 6.22. The van der Waals surface area contributed by atoms with Crippen molar-refractivity contribution in [3.63, 3.8) is 0 Å². The van der Waals surface area contributed by atoms with E-state index in [4.69, 9.17) is 16.3 Å². The first-order valence-corrected chi connectivity index (χ1v) is 12.4. The molecular formula is C27H31ClN4O3. The molecule has 2 amide bonds. The van der Waals surface area contributed by atoms with Gasteiger partial charge in [-0.3, -0.25) is 14.3 Å². The van der Waals surface area contributed by atoms with Crippen LogP contribution in [0.5, 0.6) is 5.75 Å². The van der Waals surface area contributed by atoms with Crippen LogP contribution in [0.25, 0.3) is 0 Å². The molecule has 35 heavy (non-hydrogen) atoms. The Morgan fingerprint density at radius 3 is 2.83 bits per heavy atom. The predicted octanol–water partition coefficient (Wildman–Crippen LogP) is 4.47. The summed E-state index contributed by atoms with van der Waals surface area (Å²) in [6.07, 6.45) is 3.34. The van der Waals surface area contributed by atoms with E-state index < -0.39 is 0 Å². The summed E-state index contributed by atoms with van der Waals surface area (Å²) in [4.78, 5) is 25.4. The van der Waals surface area contributed by atoms with Crippen molar-refractivity contribution in [2.24, 2.45) is 0 Å². The Bertz CT molecular complexity index is 1220. The fourth-order valence-electron chi connectivity index (χ4n) is 4.20. The number of benzene rings is 2. The highest BCUT2D eigenvalue weighted by Gasteiger charge is 2.14. The van der Waals surface area contributed by atoms with Gasteiger partial charge in [0.2, 0.25) is 0 Å². The van der Waals surface area contributed by atoms with Gasteiger partial charge in [-0.15, -0.1) is 0 Å². The van der Waals surface area contributed by atoms with Gasteiger partial charge >= 0.3 is 0 Å². The lowest BCUT2D eigenvalue weighted by molar-refractivity contribution is 0.0944. The summed E-state index contributed by atoms with van der Waals surface area (Å²) in [5.74, 6) is 0.552. The Kier molecular flexibility index (Phi) is 8.08. The predicted molar refractivity (Wildman–Crippen MR) is 136 cm³/mol. The lowest BCUT2D eigenvalue weighted by Crippen LogP contribution is -2.28. The first-order valence-electron chi connectivity index (χ1n) is 12.0. The number of aromatic nitrogens is 2. The maximum atomic E-state index is 12.9. The van der Waals surface area contributed by atoms with Crippen LogP contribution >= 0.6 is 11.6 Å². The summed E-state index contributed by atoms with van der Waals surface area (Å²) in [6, 6.07) is 13.1. The summed E-state index contributed by atoms with van der Waals surface area (Å²) in [7, 11) is 0. The van der Waals surface area contributed by atoms with Crippen LogP contribution in [0.3, 0.4) is 0 Å². The fraction of sp³-hybridized carbons (Fsp3) is 0.370. The number of rotatable bonds is 4. The molecule has 0 aliphatic carbocycles. The Morgan fingerprint density at radius 1 is 1.17 bits per heavy atom. The standard InChI is InChI=1S/C27H31ClN4O3/c1-18-25(28)19(2)32(31-18)13-12-30-27(34)22-9-10-24-23(17-22)16-20-7-6-8-21(15-20)26(33)29-11-4-3-5-14-35-24/h6-10,15,17H,3-5,11-14,16H2,1-2H3,(H,29,33)(H,30,34). The molecule has 0 saturated carbocycles. The van der Waals surface area contributed by atoms with Gasteiger partial charge in [-0.25, -0.2) is 0 Å². The number of amides is 2. The van der Waals surface area contributed by atoms with Gasteiger partial charge in [-0.1, -0.05) is 23.7 Å². The van der Waals surface area contributed by atoms with Crippen LogP contribution in [0.4, 0.5) is 0 Å². The number of hydrogen-bond acceptors (Lipinski definition) is 4. The summed E-state index contributed by atoms with van der Waals surface area (Å²) in [6.45, 7) is 6.00. The van der Waals surface area contributed by atoms with E-state index in [1.165, 1.54) is 0 Å². The number of ether oxygens (including phenoxy) is 1. The van der Waals surface area contributed by atoms with Gasteiger partial charge in [0, 0.05) is 30.6 Å². The van der Waals surface area contributed by atoms with E-state index in [1.54, 1.807) is 10.7 Å². The normalized spacial score (nSPS) is 14.3. The number of carbonyl (C=O) groups excluding carboxylic acids is 2. The highest BCUT2D eigenvalue weighted by atomic mass is 35.5. The molecule has 4 rings (SSSR count). The van der Waals surface area contributed by atoms with Crippen molar-refractivity contribution < 1.29 is 14.3 Å². The van der Waals surface area contributed by atoms with Crippen LogP contribution in [0.15, 0.2) is 42.5 Å². The molecule has 1 aromatic heterocycles. The van der Waals surface area contributed by atoms with E-state index in [2.05, 4.69) is 15.7 Å². The van der Waals surface area contributed by atoms with E-state index in [0.29, 0.717) is 48.8 Å². The minimum Gasteiger partial charge on any atom is -0.493 e. The van der Waals surface area contributed by atoms with Crippen LogP contribution in [0.2, 0.25) is 5.02 Å². The van der Waals surface area contributed by atoms with E-state index in [9.17, 15) is 9.59 Å². The average molecular weight is 495 g/mol. The molecule has 0 atom stereocenters. The number of nitrogens with zero attached hydrogens (tertiary/aromatic N) is 2. The van der Waals surface area contributed by atoms with Crippen molar-refractivity contribution >= 4 is 23.4 Å². The topological polar surface area (TPSA) is 85.2 Å². The SMILES string of the molecule is Cc1nn(CCNC(=O)c2ccc3c(c2)Cc2cccc(c2)C(=O)NCCCCCO3)c(C)c1Cl. The molecule has 7 nitrogen and oxygen atoms in total. The highest BCUT2D eigenvalue weighted by molar-refractivity contribution is 6.31. The van der Waals surface area contributed by atoms with Crippen LogP contribution < -0.4 is 15.4 Å². The van der Waals surface area contributed by atoms with Crippen LogP contribution in [0, 0.1) is 13.8 Å². The third-order valence-corrected chi connectivity index (χ3v) is 6.72. The van der Waals surface area contributed by atoms with Crippen LogP contribution in [-0.2, 0) is 13.0 Å². The Morgan fingerprint density at radius 2 is 2.03 bits per heavy atom. The summed E-state index contributed by atoms with van der Waals surface area (Å²) in [5.41, 5.74) is 4.77. The number of carbonyl (C=O) groups is 2. The van der Waals surface area contributed by atoms with Crippen LogP contribution in [0.1, 0.15) is 62.5 Å². The molecule has 2 bridgehead atoms. The van der Waals surface area contributed by atoms with Gasteiger partial charge in [0.05, 0.1) is 29.6 Å².